The minimum absolute atomic E-state index is 0.00975. The van der Waals surface area contributed by atoms with Gasteiger partial charge in [-0.15, -0.1) is 0 Å². The van der Waals surface area contributed by atoms with Crippen LogP contribution in [-0.2, 0) is 0 Å². The summed E-state index contributed by atoms with van der Waals surface area (Å²) in [5, 5.41) is 3.34. The summed E-state index contributed by atoms with van der Waals surface area (Å²) in [4.78, 5) is 29.2. The molecule has 1 heterocycles. The quantitative estimate of drug-likeness (QED) is 0.871. The Morgan fingerprint density at radius 3 is 2.50 bits per heavy atom. The molecule has 1 saturated heterocycles. The van der Waals surface area contributed by atoms with E-state index in [2.05, 4.69) is 26.1 Å². The highest BCUT2D eigenvalue weighted by Gasteiger charge is 2.23. The summed E-state index contributed by atoms with van der Waals surface area (Å²) in [5.41, 5.74) is 1.20. The summed E-state index contributed by atoms with van der Waals surface area (Å²) < 4.78 is 0. The summed E-state index contributed by atoms with van der Waals surface area (Å²) in [6, 6.07) is 7.46. The summed E-state index contributed by atoms with van der Waals surface area (Å²) in [5.74, 6) is 0.0255. The number of benzene rings is 1. The molecule has 5 heteroatoms. The second kappa shape index (κ2) is 8.83. The maximum atomic E-state index is 12.7. The fraction of sp³-hybridized carbons (Fsp3) is 0.579. The number of amides is 2. The van der Waals surface area contributed by atoms with E-state index < -0.39 is 0 Å². The molecule has 1 fully saturated rings. The van der Waals surface area contributed by atoms with Crippen LogP contribution in [0.25, 0.3) is 0 Å². The van der Waals surface area contributed by atoms with Crippen molar-refractivity contribution in [2.24, 2.45) is 0 Å². The number of piperazine rings is 1. The Morgan fingerprint density at radius 2 is 1.88 bits per heavy atom. The van der Waals surface area contributed by atoms with Gasteiger partial charge in [-0.25, -0.2) is 0 Å². The topological polar surface area (TPSA) is 52.7 Å². The predicted molar refractivity (Wildman–Crippen MR) is 96.3 cm³/mol. The summed E-state index contributed by atoms with van der Waals surface area (Å²) in [6.45, 7) is 9.94. The van der Waals surface area contributed by atoms with Gasteiger partial charge in [0.05, 0.1) is 0 Å². The van der Waals surface area contributed by atoms with Crippen molar-refractivity contribution in [3.05, 3.63) is 35.4 Å². The van der Waals surface area contributed by atoms with Crippen LogP contribution in [-0.4, -0.2) is 60.4 Å². The molecule has 0 aliphatic carbocycles. The van der Waals surface area contributed by atoms with Crippen LogP contribution in [0, 0.1) is 0 Å². The molecule has 1 aliphatic rings. The van der Waals surface area contributed by atoms with E-state index in [4.69, 9.17) is 0 Å². The number of hydrogen-bond donors (Lipinski definition) is 1. The van der Waals surface area contributed by atoms with Gasteiger partial charge >= 0.3 is 0 Å². The normalized spacial score (nSPS) is 17.6. The molecule has 0 saturated carbocycles. The zero-order chi connectivity index (χ0) is 17.5. The summed E-state index contributed by atoms with van der Waals surface area (Å²) in [7, 11) is 0. The largest absolute Gasteiger partial charge is 0.339 e. The molecule has 1 N–H and O–H groups in total. The van der Waals surface area contributed by atoms with Crippen LogP contribution < -0.4 is 5.32 Å². The first-order valence-corrected chi connectivity index (χ1v) is 8.98. The van der Waals surface area contributed by atoms with Crippen LogP contribution in [0.1, 0.15) is 54.3 Å². The Hall–Kier alpha value is -1.88. The fourth-order valence-electron chi connectivity index (χ4n) is 3.12. The molecule has 1 aromatic rings. The average molecular weight is 331 g/mol. The number of nitrogens with one attached hydrogen (secondary N) is 1. The Bertz CT molecular complexity index is 535. The van der Waals surface area contributed by atoms with Gasteiger partial charge in [0.25, 0.3) is 11.8 Å². The van der Waals surface area contributed by atoms with E-state index in [1.807, 2.05) is 15.9 Å². The number of carbonyl (C=O) groups excluding carboxylic acids is 2. The van der Waals surface area contributed by atoms with Crippen molar-refractivity contribution in [1.29, 1.82) is 0 Å². The van der Waals surface area contributed by atoms with Crippen LogP contribution in [0.15, 0.2) is 24.3 Å². The van der Waals surface area contributed by atoms with E-state index in [0.29, 0.717) is 30.3 Å². The highest BCUT2D eigenvalue weighted by Crippen LogP contribution is 2.13. The molecule has 0 spiro atoms. The Labute approximate surface area is 145 Å². The van der Waals surface area contributed by atoms with Gasteiger partial charge in [-0.3, -0.25) is 9.59 Å². The van der Waals surface area contributed by atoms with Gasteiger partial charge in [0.2, 0.25) is 0 Å². The molecule has 1 aliphatic heterocycles. The molecule has 0 bridgehead atoms. The van der Waals surface area contributed by atoms with Gasteiger partial charge in [0, 0.05) is 49.9 Å². The van der Waals surface area contributed by atoms with Crippen molar-refractivity contribution in [1.82, 2.24) is 15.1 Å². The molecule has 2 rings (SSSR count). The predicted octanol–water partition coefficient (Wildman–Crippen LogP) is 2.38. The number of nitrogens with zero attached hydrogens (tertiary/aromatic N) is 2. The maximum Gasteiger partial charge on any atom is 0.253 e. The number of rotatable bonds is 6. The van der Waals surface area contributed by atoms with E-state index in [1.165, 1.54) is 0 Å². The van der Waals surface area contributed by atoms with Crippen LogP contribution in [0.4, 0.5) is 0 Å². The van der Waals surface area contributed by atoms with E-state index in [9.17, 15) is 9.59 Å². The van der Waals surface area contributed by atoms with Gasteiger partial charge in [-0.1, -0.05) is 19.9 Å². The average Bonchev–Trinajstić information content (AvgIpc) is 2.60. The molecular weight excluding hydrogens is 302 g/mol. The Kier molecular flexibility index (Phi) is 6.79. The zero-order valence-corrected chi connectivity index (χ0v) is 15.0. The van der Waals surface area contributed by atoms with E-state index in [0.717, 1.165) is 32.5 Å². The summed E-state index contributed by atoms with van der Waals surface area (Å²) >= 11 is 0. The minimum atomic E-state index is 0.00975. The van der Waals surface area contributed by atoms with Gasteiger partial charge in [0.15, 0.2) is 0 Å². The van der Waals surface area contributed by atoms with Gasteiger partial charge in [0.1, 0.15) is 0 Å². The van der Waals surface area contributed by atoms with Crippen LogP contribution in [0.3, 0.4) is 0 Å². The molecule has 2 amide bonds. The van der Waals surface area contributed by atoms with Crippen molar-refractivity contribution in [3.63, 3.8) is 0 Å². The summed E-state index contributed by atoms with van der Waals surface area (Å²) in [6.07, 6.45) is 1.87. The standard InChI is InChI=1S/C19H29N3O2/c1-4-10-21(11-5-2)18(23)16-7-6-8-17(13-16)19(24)22-12-9-20-15(3)14-22/h6-8,13,15,20H,4-5,9-12,14H2,1-3H3. The van der Waals surface area contributed by atoms with Gasteiger partial charge in [-0.2, -0.15) is 0 Å². The molecule has 1 atom stereocenters. The first-order chi connectivity index (χ1) is 11.6. The van der Waals surface area contributed by atoms with Crippen molar-refractivity contribution in [2.45, 2.75) is 39.7 Å². The SMILES string of the molecule is CCCN(CCC)C(=O)c1cccc(C(=O)N2CCNC(C)C2)c1. The fourth-order valence-corrected chi connectivity index (χ4v) is 3.12. The second-order valence-electron chi connectivity index (χ2n) is 6.48. The third-order valence-electron chi connectivity index (χ3n) is 4.29. The van der Waals surface area contributed by atoms with E-state index in [-0.39, 0.29) is 11.8 Å². The van der Waals surface area contributed by atoms with Gasteiger partial charge < -0.3 is 15.1 Å². The van der Waals surface area contributed by atoms with Crippen LogP contribution in [0.2, 0.25) is 0 Å². The smallest absolute Gasteiger partial charge is 0.253 e. The van der Waals surface area contributed by atoms with Crippen molar-refractivity contribution < 1.29 is 9.59 Å². The highest BCUT2D eigenvalue weighted by atomic mass is 16.2. The molecule has 5 nitrogen and oxygen atoms in total. The molecule has 0 aromatic heterocycles. The van der Waals surface area contributed by atoms with Crippen LogP contribution in [0.5, 0.6) is 0 Å². The number of hydrogen-bond acceptors (Lipinski definition) is 3. The van der Waals surface area contributed by atoms with Crippen molar-refractivity contribution in [3.8, 4) is 0 Å². The molecule has 0 radical (unpaired) electrons. The lowest BCUT2D eigenvalue weighted by Crippen LogP contribution is -2.51. The molecule has 1 unspecified atom stereocenters. The first kappa shape index (κ1) is 18.5. The van der Waals surface area contributed by atoms with E-state index in [1.54, 1.807) is 18.2 Å². The Balaban J connectivity index is 2.15. The molecular formula is C19H29N3O2. The molecule has 132 valence electrons. The molecule has 1 aromatic carbocycles. The lowest BCUT2D eigenvalue weighted by molar-refractivity contribution is 0.0709. The third kappa shape index (κ3) is 4.57. The zero-order valence-electron chi connectivity index (χ0n) is 15.0. The van der Waals surface area contributed by atoms with Crippen LogP contribution >= 0.6 is 0 Å². The Morgan fingerprint density at radius 1 is 1.21 bits per heavy atom. The minimum Gasteiger partial charge on any atom is -0.339 e. The number of carbonyl (C=O) groups is 2. The lowest BCUT2D eigenvalue weighted by atomic mass is 10.1. The molecule has 24 heavy (non-hydrogen) atoms. The van der Waals surface area contributed by atoms with Gasteiger partial charge in [-0.05, 0) is 38.0 Å². The highest BCUT2D eigenvalue weighted by molar-refractivity contribution is 5.99. The first-order valence-electron chi connectivity index (χ1n) is 8.98. The van der Waals surface area contributed by atoms with Crippen molar-refractivity contribution >= 4 is 11.8 Å². The van der Waals surface area contributed by atoms with Crippen molar-refractivity contribution in [2.75, 3.05) is 32.7 Å². The maximum absolute atomic E-state index is 12.7. The lowest BCUT2D eigenvalue weighted by Gasteiger charge is -2.32. The monoisotopic (exact) mass is 331 g/mol. The second-order valence-corrected chi connectivity index (χ2v) is 6.48. The third-order valence-corrected chi connectivity index (χ3v) is 4.29. The van der Waals surface area contributed by atoms with E-state index >= 15 is 0 Å².